The number of hydrogen-bond donors (Lipinski definition) is 2. The smallest absolute Gasteiger partial charge is 0.0558 e. The fraction of sp³-hybridized carbons (Fsp3) is 1.00. The van der Waals surface area contributed by atoms with Crippen molar-refractivity contribution < 1.29 is 5.11 Å². The summed E-state index contributed by atoms with van der Waals surface area (Å²) < 4.78 is 0. The molecule has 0 radical (unpaired) electrons. The van der Waals surface area contributed by atoms with E-state index in [1.807, 2.05) is 0 Å². The minimum atomic E-state index is 0.273. The largest absolute Gasteiger partial charge is 0.395 e. The van der Waals surface area contributed by atoms with Crippen molar-refractivity contribution in [3.8, 4) is 0 Å². The van der Waals surface area contributed by atoms with Crippen molar-refractivity contribution in [2.24, 2.45) is 11.8 Å². The van der Waals surface area contributed by atoms with Gasteiger partial charge in [0.2, 0.25) is 0 Å². The van der Waals surface area contributed by atoms with Gasteiger partial charge in [0.25, 0.3) is 0 Å². The van der Waals surface area contributed by atoms with Crippen LogP contribution < -0.4 is 5.32 Å². The summed E-state index contributed by atoms with van der Waals surface area (Å²) in [5, 5.41) is 13.0. The molecule has 0 spiro atoms. The molecule has 1 fully saturated rings. The summed E-state index contributed by atoms with van der Waals surface area (Å²) in [5.41, 5.74) is 0. The van der Waals surface area contributed by atoms with Crippen LogP contribution >= 0.6 is 0 Å². The fourth-order valence-electron chi connectivity index (χ4n) is 3.75. The standard InChI is InChI=1S/C17H36N2O/c1-5-7-15-8-9-17(18-6-2)16(12-15)13-19(10-11-20)14(3)4/h14-18,20H,5-13H2,1-4H3. The first-order chi connectivity index (χ1) is 9.62. The summed E-state index contributed by atoms with van der Waals surface area (Å²) in [6.07, 6.45) is 6.78. The highest BCUT2D eigenvalue weighted by Crippen LogP contribution is 2.33. The molecule has 1 saturated carbocycles. The summed E-state index contributed by atoms with van der Waals surface area (Å²) in [6, 6.07) is 1.20. The Balaban J connectivity index is 2.61. The summed E-state index contributed by atoms with van der Waals surface area (Å²) in [5.74, 6) is 1.66. The van der Waals surface area contributed by atoms with Gasteiger partial charge in [-0.05, 0) is 51.5 Å². The summed E-state index contributed by atoms with van der Waals surface area (Å²) in [7, 11) is 0. The molecule has 0 aromatic heterocycles. The molecule has 3 nitrogen and oxygen atoms in total. The lowest BCUT2D eigenvalue weighted by Crippen LogP contribution is -2.47. The van der Waals surface area contributed by atoms with Crippen molar-refractivity contribution in [2.45, 2.75) is 71.9 Å². The van der Waals surface area contributed by atoms with Crippen molar-refractivity contribution in [1.29, 1.82) is 0 Å². The van der Waals surface area contributed by atoms with Crippen LogP contribution in [-0.4, -0.2) is 48.3 Å². The Labute approximate surface area is 126 Å². The lowest BCUT2D eigenvalue weighted by atomic mass is 9.76. The number of rotatable bonds is 9. The lowest BCUT2D eigenvalue weighted by Gasteiger charge is -2.40. The van der Waals surface area contributed by atoms with Gasteiger partial charge < -0.3 is 10.4 Å². The maximum Gasteiger partial charge on any atom is 0.0558 e. The molecule has 0 aromatic rings. The van der Waals surface area contributed by atoms with Crippen LogP contribution in [0.3, 0.4) is 0 Å². The van der Waals surface area contributed by atoms with Crippen LogP contribution in [0.5, 0.6) is 0 Å². The molecule has 1 aliphatic rings. The lowest BCUT2D eigenvalue weighted by molar-refractivity contribution is 0.101. The van der Waals surface area contributed by atoms with E-state index in [1.165, 1.54) is 32.1 Å². The number of hydrogen-bond acceptors (Lipinski definition) is 3. The van der Waals surface area contributed by atoms with E-state index in [1.54, 1.807) is 0 Å². The molecule has 120 valence electrons. The Morgan fingerprint density at radius 1 is 1.25 bits per heavy atom. The summed E-state index contributed by atoms with van der Waals surface area (Å²) in [4.78, 5) is 2.45. The molecule has 1 rings (SSSR count). The van der Waals surface area contributed by atoms with E-state index in [9.17, 15) is 5.11 Å². The Morgan fingerprint density at radius 2 is 2.00 bits per heavy atom. The van der Waals surface area contributed by atoms with Crippen LogP contribution in [-0.2, 0) is 0 Å². The second kappa shape index (κ2) is 9.75. The number of nitrogens with zero attached hydrogens (tertiary/aromatic N) is 1. The molecule has 1 aliphatic carbocycles. The highest BCUT2D eigenvalue weighted by atomic mass is 16.3. The molecule has 3 atom stereocenters. The first kappa shape index (κ1) is 17.9. The normalized spacial score (nSPS) is 27.4. The first-order valence-electron chi connectivity index (χ1n) is 8.70. The minimum absolute atomic E-state index is 0.273. The van der Waals surface area contributed by atoms with Crippen molar-refractivity contribution in [3.05, 3.63) is 0 Å². The number of aliphatic hydroxyl groups is 1. The molecule has 0 bridgehead atoms. The molecule has 0 aromatic carbocycles. The molecule has 3 heteroatoms. The minimum Gasteiger partial charge on any atom is -0.395 e. The van der Waals surface area contributed by atoms with Crippen LogP contribution in [0.4, 0.5) is 0 Å². The third-order valence-electron chi connectivity index (χ3n) is 4.84. The molecule has 2 N–H and O–H groups in total. The Bertz CT molecular complexity index is 245. The van der Waals surface area contributed by atoms with E-state index in [4.69, 9.17) is 0 Å². The zero-order valence-electron chi connectivity index (χ0n) is 14.1. The van der Waals surface area contributed by atoms with E-state index in [-0.39, 0.29) is 6.61 Å². The Kier molecular flexibility index (Phi) is 8.74. The van der Waals surface area contributed by atoms with Crippen LogP contribution in [0.1, 0.15) is 59.8 Å². The summed E-state index contributed by atoms with van der Waals surface area (Å²) >= 11 is 0. The van der Waals surface area contributed by atoms with Crippen LogP contribution in [0.2, 0.25) is 0 Å². The summed E-state index contributed by atoms with van der Waals surface area (Å²) in [6.45, 7) is 12.3. The average molecular weight is 284 g/mol. The molecular formula is C17H36N2O. The maximum atomic E-state index is 9.26. The highest BCUT2D eigenvalue weighted by Gasteiger charge is 2.31. The number of aliphatic hydroxyl groups excluding tert-OH is 1. The van der Waals surface area contributed by atoms with Gasteiger partial charge >= 0.3 is 0 Å². The van der Waals surface area contributed by atoms with Crippen LogP contribution in [0, 0.1) is 11.8 Å². The first-order valence-corrected chi connectivity index (χ1v) is 8.70. The van der Waals surface area contributed by atoms with E-state index in [0.717, 1.165) is 31.5 Å². The number of nitrogens with one attached hydrogen (secondary N) is 1. The SMILES string of the molecule is CCCC1CCC(NCC)C(CN(CCO)C(C)C)C1. The van der Waals surface area contributed by atoms with Gasteiger partial charge in [-0.15, -0.1) is 0 Å². The van der Waals surface area contributed by atoms with Gasteiger partial charge in [-0.1, -0.05) is 26.7 Å². The zero-order chi connectivity index (χ0) is 15.0. The van der Waals surface area contributed by atoms with E-state index in [2.05, 4.69) is 37.9 Å². The van der Waals surface area contributed by atoms with Crippen molar-refractivity contribution in [1.82, 2.24) is 10.2 Å². The van der Waals surface area contributed by atoms with Gasteiger partial charge in [0, 0.05) is 25.2 Å². The predicted octanol–water partition coefficient (Wildman–Crippen LogP) is 2.88. The Morgan fingerprint density at radius 3 is 2.55 bits per heavy atom. The van der Waals surface area contributed by atoms with Crippen molar-refractivity contribution in [2.75, 3.05) is 26.2 Å². The van der Waals surface area contributed by atoms with Crippen LogP contribution in [0.15, 0.2) is 0 Å². The maximum absolute atomic E-state index is 9.26. The van der Waals surface area contributed by atoms with E-state index in [0.29, 0.717) is 12.1 Å². The second-order valence-corrected chi connectivity index (χ2v) is 6.70. The van der Waals surface area contributed by atoms with Gasteiger partial charge in [-0.25, -0.2) is 0 Å². The van der Waals surface area contributed by atoms with Gasteiger partial charge in [0.05, 0.1) is 6.61 Å². The molecule has 0 saturated heterocycles. The molecule has 3 unspecified atom stereocenters. The Hall–Kier alpha value is -0.120. The average Bonchev–Trinajstić information content (AvgIpc) is 2.41. The third kappa shape index (κ3) is 5.71. The molecular weight excluding hydrogens is 248 g/mol. The van der Waals surface area contributed by atoms with Gasteiger partial charge in [0.1, 0.15) is 0 Å². The quantitative estimate of drug-likeness (QED) is 0.683. The molecule has 20 heavy (non-hydrogen) atoms. The second-order valence-electron chi connectivity index (χ2n) is 6.70. The highest BCUT2D eigenvalue weighted by molar-refractivity contribution is 4.87. The van der Waals surface area contributed by atoms with Gasteiger partial charge in [0.15, 0.2) is 0 Å². The van der Waals surface area contributed by atoms with Crippen LogP contribution in [0.25, 0.3) is 0 Å². The van der Waals surface area contributed by atoms with Crippen molar-refractivity contribution in [3.63, 3.8) is 0 Å². The predicted molar refractivity (Wildman–Crippen MR) is 87.0 cm³/mol. The van der Waals surface area contributed by atoms with E-state index < -0.39 is 0 Å². The molecule has 0 amide bonds. The van der Waals surface area contributed by atoms with E-state index >= 15 is 0 Å². The van der Waals surface area contributed by atoms with Gasteiger partial charge in [-0.3, -0.25) is 4.90 Å². The monoisotopic (exact) mass is 284 g/mol. The fourth-order valence-corrected chi connectivity index (χ4v) is 3.75. The zero-order valence-corrected chi connectivity index (χ0v) is 14.1. The molecule has 0 heterocycles. The molecule has 0 aliphatic heterocycles. The third-order valence-corrected chi connectivity index (χ3v) is 4.84. The topological polar surface area (TPSA) is 35.5 Å². The van der Waals surface area contributed by atoms with Crippen molar-refractivity contribution >= 4 is 0 Å². The van der Waals surface area contributed by atoms with Gasteiger partial charge in [-0.2, -0.15) is 0 Å².